The van der Waals surface area contributed by atoms with Crippen LogP contribution in [-0.2, 0) is 6.54 Å². The quantitative estimate of drug-likeness (QED) is 0.870. The molecule has 0 saturated carbocycles. The summed E-state index contributed by atoms with van der Waals surface area (Å²) in [6, 6.07) is 9.77. The summed E-state index contributed by atoms with van der Waals surface area (Å²) in [5, 5.41) is 3.72. The third-order valence-electron chi connectivity index (χ3n) is 4.39. The fourth-order valence-electron chi connectivity index (χ4n) is 3.22. The zero-order valence-corrected chi connectivity index (χ0v) is 13.9. The van der Waals surface area contributed by atoms with Crippen LogP contribution >= 0.6 is 0 Å². The van der Waals surface area contributed by atoms with Gasteiger partial charge in [-0.2, -0.15) is 0 Å². The van der Waals surface area contributed by atoms with Gasteiger partial charge in [-0.1, -0.05) is 32.9 Å². The summed E-state index contributed by atoms with van der Waals surface area (Å²) in [6.07, 6.45) is 2.47. The lowest BCUT2D eigenvalue weighted by Gasteiger charge is -2.40. The Hall–Kier alpha value is -1.06. The molecule has 1 heterocycles. The minimum atomic E-state index is 0.631. The molecule has 1 saturated heterocycles. The Kier molecular flexibility index (Phi) is 6.07. The van der Waals surface area contributed by atoms with Crippen molar-refractivity contribution in [2.24, 2.45) is 5.92 Å². The lowest BCUT2D eigenvalue weighted by Crippen LogP contribution is -2.56. The molecule has 0 amide bonds. The van der Waals surface area contributed by atoms with Crippen LogP contribution in [0.5, 0.6) is 5.75 Å². The van der Waals surface area contributed by atoms with E-state index in [9.17, 15) is 0 Å². The van der Waals surface area contributed by atoms with Gasteiger partial charge >= 0.3 is 0 Å². The first-order valence-corrected chi connectivity index (χ1v) is 8.22. The second kappa shape index (κ2) is 7.81. The largest absolute Gasteiger partial charge is 0.497 e. The standard InChI is InChI=1S/C18H30N2O/c1-5-17-11-19-16(10-14(2)3)13-20(17)12-15-6-8-18(21-4)9-7-15/h6-9,14,16-17,19H,5,10-13H2,1-4H3. The van der Waals surface area contributed by atoms with Crippen LogP contribution in [0.4, 0.5) is 0 Å². The molecule has 0 aromatic heterocycles. The van der Waals surface area contributed by atoms with Crippen molar-refractivity contribution in [3.8, 4) is 5.75 Å². The first-order valence-electron chi connectivity index (χ1n) is 8.22. The van der Waals surface area contributed by atoms with Crippen molar-refractivity contribution in [1.82, 2.24) is 10.2 Å². The molecule has 1 aliphatic rings. The molecule has 118 valence electrons. The van der Waals surface area contributed by atoms with Crippen LogP contribution in [0.2, 0.25) is 0 Å². The number of nitrogens with zero attached hydrogens (tertiary/aromatic N) is 1. The number of rotatable bonds is 6. The van der Waals surface area contributed by atoms with Crippen LogP contribution in [0.25, 0.3) is 0 Å². The summed E-state index contributed by atoms with van der Waals surface area (Å²) in [5.41, 5.74) is 1.37. The van der Waals surface area contributed by atoms with Crippen molar-refractivity contribution >= 4 is 0 Å². The second-order valence-electron chi connectivity index (χ2n) is 6.57. The fraction of sp³-hybridized carbons (Fsp3) is 0.667. The number of benzene rings is 1. The van der Waals surface area contributed by atoms with Gasteiger partial charge in [-0.15, -0.1) is 0 Å². The van der Waals surface area contributed by atoms with Crippen LogP contribution in [0.15, 0.2) is 24.3 Å². The van der Waals surface area contributed by atoms with Gasteiger partial charge in [0.1, 0.15) is 5.75 Å². The molecule has 1 N–H and O–H groups in total. The van der Waals surface area contributed by atoms with Gasteiger partial charge in [-0.3, -0.25) is 4.90 Å². The van der Waals surface area contributed by atoms with Crippen LogP contribution in [-0.4, -0.2) is 37.2 Å². The second-order valence-corrected chi connectivity index (χ2v) is 6.57. The number of ether oxygens (including phenoxy) is 1. The van der Waals surface area contributed by atoms with E-state index in [2.05, 4.69) is 55.3 Å². The zero-order valence-electron chi connectivity index (χ0n) is 13.9. The molecule has 2 atom stereocenters. The molecule has 1 aromatic carbocycles. The topological polar surface area (TPSA) is 24.5 Å². The molecule has 0 bridgehead atoms. The minimum Gasteiger partial charge on any atom is -0.497 e. The molecule has 3 nitrogen and oxygen atoms in total. The van der Waals surface area contributed by atoms with E-state index in [1.807, 2.05) is 0 Å². The lowest BCUT2D eigenvalue weighted by atomic mass is 9.98. The molecule has 0 radical (unpaired) electrons. The highest BCUT2D eigenvalue weighted by molar-refractivity contribution is 5.27. The van der Waals surface area contributed by atoms with Crippen molar-refractivity contribution in [2.75, 3.05) is 20.2 Å². The Balaban J connectivity index is 1.99. The normalized spacial score (nSPS) is 23.5. The van der Waals surface area contributed by atoms with Gasteiger partial charge in [0.2, 0.25) is 0 Å². The van der Waals surface area contributed by atoms with Crippen molar-refractivity contribution in [3.05, 3.63) is 29.8 Å². The van der Waals surface area contributed by atoms with Crippen molar-refractivity contribution in [3.63, 3.8) is 0 Å². The SMILES string of the molecule is CCC1CNC(CC(C)C)CN1Cc1ccc(OC)cc1. The van der Waals surface area contributed by atoms with Crippen LogP contribution in [0, 0.1) is 5.92 Å². The number of nitrogens with one attached hydrogen (secondary N) is 1. The van der Waals surface area contributed by atoms with E-state index in [4.69, 9.17) is 4.74 Å². The lowest BCUT2D eigenvalue weighted by molar-refractivity contribution is 0.111. The molecule has 2 unspecified atom stereocenters. The highest BCUT2D eigenvalue weighted by Crippen LogP contribution is 2.19. The number of hydrogen-bond acceptors (Lipinski definition) is 3. The maximum absolute atomic E-state index is 5.24. The van der Waals surface area contributed by atoms with Gasteiger partial charge in [0.05, 0.1) is 7.11 Å². The third-order valence-corrected chi connectivity index (χ3v) is 4.39. The van der Waals surface area contributed by atoms with E-state index in [0.29, 0.717) is 12.1 Å². The fourth-order valence-corrected chi connectivity index (χ4v) is 3.22. The number of hydrogen-bond donors (Lipinski definition) is 1. The molecule has 2 rings (SSSR count). The number of piperazine rings is 1. The predicted molar refractivity (Wildman–Crippen MR) is 88.7 cm³/mol. The molecule has 1 aromatic rings. The smallest absolute Gasteiger partial charge is 0.118 e. The monoisotopic (exact) mass is 290 g/mol. The van der Waals surface area contributed by atoms with Gasteiger partial charge in [-0.25, -0.2) is 0 Å². The van der Waals surface area contributed by atoms with Crippen molar-refractivity contribution in [1.29, 1.82) is 0 Å². The van der Waals surface area contributed by atoms with Gasteiger partial charge < -0.3 is 10.1 Å². The van der Waals surface area contributed by atoms with Gasteiger partial charge in [0.15, 0.2) is 0 Å². The Bertz CT molecular complexity index is 416. The minimum absolute atomic E-state index is 0.631. The van der Waals surface area contributed by atoms with E-state index >= 15 is 0 Å². The van der Waals surface area contributed by atoms with E-state index in [1.54, 1.807) is 7.11 Å². The maximum atomic E-state index is 5.24. The summed E-state index contributed by atoms with van der Waals surface area (Å²) < 4.78 is 5.24. The summed E-state index contributed by atoms with van der Waals surface area (Å²) in [5.74, 6) is 1.69. The molecule has 1 fully saturated rings. The van der Waals surface area contributed by atoms with E-state index < -0.39 is 0 Å². The molecule has 3 heteroatoms. The molecule has 1 aliphatic heterocycles. The molecular formula is C18H30N2O. The summed E-state index contributed by atoms with van der Waals surface area (Å²) in [7, 11) is 1.72. The van der Waals surface area contributed by atoms with Gasteiger partial charge in [0.25, 0.3) is 0 Å². The highest BCUT2D eigenvalue weighted by atomic mass is 16.5. The van der Waals surface area contributed by atoms with E-state index in [1.165, 1.54) is 18.4 Å². The average molecular weight is 290 g/mol. The molecule has 0 spiro atoms. The molecule has 0 aliphatic carbocycles. The Labute approximate surface area is 129 Å². The Morgan fingerprint density at radius 1 is 1.29 bits per heavy atom. The van der Waals surface area contributed by atoms with E-state index in [-0.39, 0.29) is 0 Å². The average Bonchev–Trinajstić information content (AvgIpc) is 2.48. The van der Waals surface area contributed by atoms with Crippen LogP contribution < -0.4 is 10.1 Å². The Morgan fingerprint density at radius 2 is 2.00 bits per heavy atom. The highest BCUT2D eigenvalue weighted by Gasteiger charge is 2.26. The maximum Gasteiger partial charge on any atom is 0.118 e. The number of methoxy groups -OCH3 is 1. The van der Waals surface area contributed by atoms with Crippen LogP contribution in [0.3, 0.4) is 0 Å². The van der Waals surface area contributed by atoms with Crippen molar-refractivity contribution < 1.29 is 4.74 Å². The first-order chi connectivity index (χ1) is 10.1. The summed E-state index contributed by atoms with van der Waals surface area (Å²) in [4.78, 5) is 2.64. The van der Waals surface area contributed by atoms with Gasteiger partial charge in [0, 0.05) is 31.7 Å². The zero-order chi connectivity index (χ0) is 15.2. The van der Waals surface area contributed by atoms with Gasteiger partial charge in [-0.05, 0) is 36.5 Å². The first kappa shape index (κ1) is 16.3. The third kappa shape index (κ3) is 4.72. The van der Waals surface area contributed by atoms with Crippen molar-refractivity contribution in [2.45, 2.75) is 52.2 Å². The summed E-state index contributed by atoms with van der Waals surface area (Å²) in [6.45, 7) is 10.2. The van der Waals surface area contributed by atoms with Crippen LogP contribution in [0.1, 0.15) is 39.2 Å². The van der Waals surface area contributed by atoms with E-state index in [0.717, 1.165) is 31.3 Å². The summed E-state index contributed by atoms with van der Waals surface area (Å²) >= 11 is 0. The molecule has 21 heavy (non-hydrogen) atoms. The Morgan fingerprint density at radius 3 is 2.57 bits per heavy atom. The predicted octanol–water partition coefficient (Wildman–Crippen LogP) is 3.29. The molecular weight excluding hydrogens is 260 g/mol.